The summed E-state index contributed by atoms with van der Waals surface area (Å²) in [5, 5.41) is 3.17. The highest BCUT2D eigenvalue weighted by molar-refractivity contribution is 7.22. The van der Waals surface area contributed by atoms with Crippen molar-refractivity contribution in [1.29, 1.82) is 0 Å². The van der Waals surface area contributed by atoms with Gasteiger partial charge in [0.2, 0.25) is 0 Å². The number of thiazole rings is 3. The van der Waals surface area contributed by atoms with Gasteiger partial charge in [0.1, 0.15) is 15.0 Å². The van der Waals surface area contributed by atoms with Crippen LogP contribution in [0, 0.1) is 0 Å². The molecule has 0 atom stereocenters. The second kappa shape index (κ2) is 19.4. The van der Waals surface area contributed by atoms with Crippen LogP contribution < -0.4 is 0 Å². The Morgan fingerprint density at radius 1 is 0.262 bits per heavy atom. The van der Waals surface area contributed by atoms with Crippen molar-refractivity contribution in [2.45, 2.75) is 96.3 Å². The molecule has 0 fully saturated rings. The van der Waals surface area contributed by atoms with Gasteiger partial charge in [-0.05, 0) is 178 Å². The topological polar surface area (TPSA) is 77.3 Å². The fourth-order valence-electron chi connectivity index (χ4n) is 15.1. The second-order valence-corrected chi connectivity index (χ2v) is 26.3. The largest absolute Gasteiger partial charge is 0.236 e. The summed E-state index contributed by atoms with van der Waals surface area (Å²) in [4.78, 5) is 32.0. The Hall–Kier alpha value is -8.34. The van der Waals surface area contributed by atoms with Crippen LogP contribution in [0.4, 0.5) is 0 Å². The highest BCUT2D eigenvalue weighted by atomic mass is 32.1. The van der Waals surface area contributed by atoms with Crippen LogP contribution in [0.25, 0.3) is 130 Å². The lowest BCUT2D eigenvalue weighted by Crippen LogP contribution is -2.23. The first kappa shape index (κ1) is 51.3. The molecule has 0 N–H and O–H groups in total. The van der Waals surface area contributed by atoms with Crippen LogP contribution in [0.15, 0.2) is 182 Å². The zero-order chi connectivity index (χ0) is 56.6. The molecule has 6 nitrogen and oxygen atoms in total. The van der Waals surface area contributed by atoms with Gasteiger partial charge in [-0.3, -0.25) is 0 Å². The monoisotopic (exact) mass is 1140 g/mol. The molecule has 0 amide bonds. The predicted molar refractivity (Wildman–Crippen MR) is 352 cm³/mol. The van der Waals surface area contributed by atoms with Crippen molar-refractivity contribution < 1.29 is 0 Å². The molecule has 0 unspecified atom stereocenters. The van der Waals surface area contributed by atoms with E-state index in [0.29, 0.717) is 17.5 Å². The van der Waals surface area contributed by atoms with Crippen molar-refractivity contribution in [3.05, 3.63) is 215 Å². The summed E-state index contributed by atoms with van der Waals surface area (Å²) in [7, 11) is 0. The van der Waals surface area contributed by atoms with Crippen LogP contribution in [-0.4, -0.2) is 29.9 Å². The Labute approximate surface area is 502 Å². The third kappa shape index (κ3) is 7.44. The third-order valence-corrected chi connectivity index (χ3v) is 23.0. The van der Waals surface area contributed by atoms with E-state index in [0.717, 1.165) is 86.8 Å². The molecule has 9 heteroatoms. The molecule has 3 aliphatic carbocycles. The average Bonchev–Trinajstić information content (AvgIpc) is 4.58. The number of benzene rings is 9. The molecule has 9 aromatic carbocycles. The number of hydrogen-bond donors (Lipinski definition) is 0. The second-order valence-electron chi connectivity index (χ2n) is 23.2. The van der Waals surface area contributed by atoms with Gasteiger partial charge < -0.3 is 0 Å². The molecule has 0 saturated heterocycles. The van der Waals surface area contributed by atoms with E-state index >= 15 is 0 Å². The van der Waals surface area contributed by atoms with Gasteiger partial charge >= 0.3 is 0 Å². The molecule has 0 bridgehead atoms. The normalized spacial score (nSPS) is 14.6. The highest BCUT2D eigenvalue weighted by Gasteiger charge is 2.44. The van der Waals surface area contributed by atoms with E-state index in [4.69, 9.17) is 29.9 Å². The van der Waals surface area contributed by atoms with E-state index in [9.17, 15) is 0 Å². The molecule has 0 aliphatic heterocycles. The molecular weight excluding hydrogens is 1080 g/mol. The Kier molecular flexibility index (Phi) is 11.8. The minimum Gasteiger partial charge on any atom is -0.236 e. The average molecular weight is 1140 g/mol. The number of aromatic nitrogens is 6. The van der Waals surface area contributed by atoms with Crippen molar-refractivity contribution in [3.8, 4) is 99.3 Å². The lowest BCUT2D eigenvalue weighted by atomic mass is 9.73. The Bertz CT molecular complexity index is 4260. The fourth-order valence-corrected chi connectivity index (χ4v) is 18.0. The van der Waals surface area contributed by atoms with Crippen LogP contribution >= 0.6 is 34.0 Å². The van der Waals surface area contributed by atoms with E-state index in [1.165, 1.54) is 97.6 Å². The smallest absolute Gasteiger partial charge is 0.164 e. The lowest BCUT2D eigenvalue weighted by molar-refractivity contribution is 0.490. The molecule has 408 valence electrons. The zero-order valence-corrected chi connectivity index (χ0v) is 50.4. The molecule has 0 radical (unpaired) electrons. The zero-order valence-electron chi connectivity index (χ0n) is 48.0. The van der Waals surface area contributed by atoms with Crippen molar-refractivity contribution in [2.75, 3.05) is 0 Å². The summed E-state index contributed by atoms with van der Waals surface area (Å²) in [5.74, 6) is 2.02. The summed E-state index contributed by atoms with van der Waals surface area (Å²) in [5.41, 5.74) is 24.8. The molecular formula is C75H60N6S3. The Balaban J connectivity index is 0.841. The van der Waals surface area contributed by atoms with Crippen LogP contribution in [-0.2, 0) is 16.2 Å². The first-order valence-electron chi connectivity index (χ1n) is 29.9. The molecule has 3 aliphatic rings. The molecule has 13 aromatic rings. The SMILES string of the molecule is CCC1(CC)c2cc(-c3nc(-c4ccc5c(c4)C(CC)(CC)c4cc(-c6nc7ccccc7s6)ccc4-5)nc(-c4ccc5c(c4)C(CC)(CC)c4cc(-c6nc7ccccc7s6)ccc4-5)n3)ccc2-c2ccc(-c3nc4ccccc4s3)cc21. The van der Waals surface area contributed by atoms with E-state index in [-0.39, 0.29) is 16.2 Å². The number of para-hydroxylation sites is 3. The van der Waals surface area contributed by atoms with Gasteiger partial charge in [-0.2, -0.15) is 0 Å². The van der Waals surface area contributed by atoms with Crippen molar-refractivity contribution >= 4 is 64.7 Å². The van der Waals surface area contributed by atoms with Gasteiger partial charge in [0.25, 0.3) is 0 Å². The van der Waals surface area contributed by atoms with Gasteiger partial charge in [0, 0.05) is 49.6 Å². The summed E-state index contributed by atoms with van der Waals surface area (Å²) in [6, 6.07) is 67.4. The lowest BCUT2D eigenvalue weighted by Gasteiger charge is -2.30. The minimum atomic E-state index is -0.205. The molecule has 4 aromatic heterocycles. The summed E-state index contributed by atoms with van der Waals surface area (Å²) >= 11 is 5.30. The van der Waals surface area contributed by atoms with Crippen molar-refractivity contribution in [2.24, 2.45) is 0 Å². The molecule has 0 saturated carbocycles. The van der Waals surface area contributed by atoms with Crippen molar-refractivity contribution in [3.63, 3.8) is 0 Å². The number of nitrogens with zero attached hydrogens (tertiary/aromatic N) is 6. The number of hydrogen-bond acceptors (Lipinski definition) is 9. The molecule has 4 heterocycles. The van der Waals surface area contributed by atoms with E-state index in [2.05, 4.69) is 224 Å². The van der Waals surface area contributed by atoms with Gasteiger partial charge in [0.15, 0.2) is 17.5 Å². The third-order valence-electron chi connectivity index (χ3n) is 19.7. The van der Waals surface area contributed by atoms with E-state index in [1.54, 1.807) is 34.0 Å². The maximum atomic E-state index is 5.58. The van der Waals surface area contributed by atoms with E-state index in [1.807, 2.05) is 0 Å². The van der Waals surface area contributed by atoms with Crippen LogP contribution in [0.2, 0.25) is 0 Å². The first-order valence-corrected chi connectivity index (χ1v) is 32.4. The van der Waals surface area contributed by atoms with Gasteiger partial charge in [0.05, 0.1) is 30.6 Å². The minimum absolute atomic E-state index is 0.205. The quantitative estimate of drug-likeness (QED) is 0.121. The van der Waals surface area contributed by atoms with Crippen LogP contribution in [0.3, 0.4) is 0 Å². The van der Waals surface area contributed by atoms with Crippen molar-refractivity contribution in [1.82, 2.24) is 29.9 Å². The van der Waals surface area contributed by atoms with Gasteiger partial charge in [-0.1, -0.05) is 151 Å². The van der Waals surface area contributed by atoms with Gasteiger partial charge in [-0.25, -0.2) is 29.9 Å². The summed E-state index contributed by atoms with van der Waals surface area (Å²) < 4.78 is 3.62. The van der Waals surface area contributed by atoms with Crippen LogP contribution in [0.5, 0.6) is 0 Å². The Morgan fingerprint density at radius 3 is 0.726 bits per heavy atom. The number of rotatable bonds is 12. The summed E-state index contributed by atoms with van der Waals surface area (Å²) in [6.07, 6.45) is 5.73. The number of fused-ring (bicyclic) bond motifs is 12. The molecule has 0 spiro atoms. The van der Waals surface area contributed by atoms with Gasteiger partial charge in [-0.15, -0.1) is 34.0 Å². The maximum Gasteiger partial charge on any atom is 0.164 e. The predicted octanol–water partition coefficient (Wildman–Crippen LogP) is 21.0. The standard InChI is InChI=1S/C75H60N6S3/c1-7-73(8-2)55-37-43(25-31-49(55)52-34-28-46(40-58(52)73)70-76-61-19-13-16-22-64(61)82-70)67-79-68(44-26-32-50-53-35-29-47(71-77-62-20-14-17-23-65(62)83-71)41-59(53)74(9-3,10-4)56(50)38-44)81-69(80-67)45-27-33-51-54-36-30-48(72-78-63-21-15-18-24-66(63)84-72)42-60(54)75(11-5,12-6)57(51)39-45/h13-42H,7-12H2,1-6H3. The molecule has 16 rings (SSSR count). The molecule has 84 heavy (non-hydrogen) atoms. The Morgan fingerprint density at radius 2 is 0.488 bits per heavy atom. The van der Waals surface area contributed by atoms with E-state index < -0.39 is 0 Å². The maximum absolute atomic E-state index is 5.58. The highest BCUT2D eigenvalue weighted by Crippen LogP contribution is 2.58. The fraction of sp³-hybridized carbons (Fsp3) is 0.200. The summed E-state index contributed by atoms with van der Waals surface area (Å²) in [6.45, 7) is 14.1. The first-order chi connectivity index (χ1) is 41.2. The van der Waals surface area contributed by atoms with Crippen LogP contribution in [0.1, 0.15) is 113 Å².